The SMILES string of the molecule is O=C(NCC1(C(=O)O)CCCCC1)[C@@H]1CCCCN1. The van der Waals surface area contributed by atoms with Gasteiger partial charge in [-0.05, 0) is 32.2 Å². The molecule has 1 heterocycles. The highest BCUT2D eigenvalue weighted by molar-refractivity contribution is 5.83. The summed E-state index contributed by atoms with van der Waals surface area (Å²) in [5.41, 5.74) is -0.734. The van der Waals surface area contributed by atoms with Gasteiger partial charge in [-0.25, -0.2) is 0 Å². The molecule has 3 N–H and O–H groups in total. The zero-order valence-corrected chi connectivity index (χ0v) is 11.4. The van der Waals surface area contributed by atoms with E-state index in [1.807, 2.05) is 0 Å². The molecule has 0 unspecified atom stereocenters. The molecule has 0 spiro atoms. The number of carboxylic acid groups (broad SMARTS) is 1. The molecule has 0 aromatic carbocycles. The number of hydrogen-bond donors (Lipinski definition) is 3. The highest BCUT2D eigenvalue weighted by Gasteiger charge is 2.40. The van der Waals surface area contributed by atoms with Crippen molar-refractivity contribution in [2.24, 2.45) is 5.41 Å². The molecule has 0 aromatic rings. The molecule has 1 amide bonds. The third-order valence-electron chi connectivity index (χ3n) is 4.49. The van der Waals surface area contributed by atoms with Crippen LogP contribution in [0.4, 0.5) is 0 Å². The lowest BCUT2D eigenvalue weighted by molar-refractivity contribution is -0.151. The first-order valence-electron chi connectivity index (χ1n) is 7.39. The van der Waals surface area contributed by atoms with Crippen LogP contribution in [0.25, 0.3) is 0 Å². The molecule has 2 rings (SSSR count). The van der Waals surface area contributed by atoms with Crippen LogP contribution in [0.2, 0.25) is 0 Å². The summed E-state index contributed by atoms with van der Waals surface area (Å²) < 4.78 is 0. The Morgan fingerprint density at radius 1 is 1.16 bits per heavy atom. The van der Waals surface area contributed by atoms with Crippen molar-refractivity contribution in [3.8, 4) is 0 Å². The normalized spacial score (nSPS) is 26.6. The Morgan fingerprint density at radius 3 is 2.47 bits per heavy atom. The van der Waals surface area contributed by atoms with Gasteiger partial charge in [0.15, 0.2) is 0 Å². The van der Waals surface area contributed by atoms with Gasteiger partial charge in [-0.2, -0.15) is 0 Å². The molecule has 0 bridgehead atoms. The molecule has 2 aliphatic rings. The van der Waals surface area contributed by atoms with Gasteiger partial charge in [0.25, 0.3) is 0 Å². The minimum absolute atomic E-state index is 0.0362. The van der Waals surface area contributed by atoms with Crippen molar-refractivity contribution in [1.29, 1.82) is 0 Å². The predicted octanol–water partition coefficient (Wildman–Crippen LogP) is 1.28. The van der Waals surface area contributed by atoms with Gasteiger partial charge >= 0.3 is 5.97 Å². The lowest BCUT2D eigenvalue weighted by Gasteiger charge is -2.34. The maximum absolute atomic E-state index is 12.0. The Labute approximate surface area is 114 Å². The first kappa shape index (κ1) is 14.3. The van der Waals surface area contributed by atoms with E-state index in [2.05, 4.69) is 10.6 Å². The highest BCUT2D eigenvalue weighted by atomic mass is 16.4. The summed E-state index contributed by atoms with van der Waals surface area (Å²) in [5, 5.41) is 15.5. The summed E-state index contributed by atoms with van der Waals surface area (Å²) in [4.78, 5) is 23.5. The summed E-state index contributed by atoms with van der Waals surface area (Å²) >= 11 is 0. The molecule has 0 radical (unpaired) electrons. The van der Waals surface area contributed by atoms with Gasteiger partial charge in [0.05, 0.1) is 11.5 Å². The molecule has 0 aromatic heterocycles. The van der Waals surface area contributed by atoms with Gasteiger partial charge in [-0.15, -0.1) is 0 Å². The average molecular weight is 268 g/mol. The maximum Gasteiger partial charge on any atom is 0.311 e. The Bertz CT molecular complexity index is 332. The Balaban J connectivity index is 1.87. The van der Waals surface area contributed by atoms with E-state index in [-0.39, 0.29) is 18.5 Å². The van der Waals surface area contributed by atoms with Crippen LogP contribution in [0, 0.1) is 5.41 Å². The second-order valence-corrected chi connectivity index (χ2v) is 5.87. The highest BCUT2D eigenvalue weighted by Crippen LogP contribution is 2.36. The van der Waals surface area contributed by atoms with Gasteiger partial charge in [-0.1, -0.05) is 25.7 Å². The van der Waals surface area contributed by atoms with Crippen molar-refractivity contribution >= 4 is 11.9 Å². The third-order valence-corrected chi connectivity index (χ3v) is 4.49. The Morgan fingerprint density at radius 2 is 1.89 bits per heavy atom. The zero-order chi connectivity index (χ0) is 13.7. The quantitative estimate of drug-likeness (QED) is 0.717. The molecule has 19 heavy (non-hydrogen) atoms. The number of hydrogen-bond acceptors (Lipinski definition) is 3. The van der Waals surface area contributed by atoms with Crippen molar-refractivity contribution in [2.45, 2.75) is 57.4 Å². The first-order valence-corrected chi connectivity index (χ1v) is 7.39. The average Bonchev–Trinajstić information content (AvgIpc) is 2.46. The minimum Gasteiger partial charge on any atom is -0.481 e. The number of carbonyl (C=O) groups excluding carboxylic acids is 1. The van der Waals surface area contributed by atoms with Crippen LogP contribution in [-0.2, 0) is 9.59 Å². The van der Waals surface area contributed by atoms with Crippen molar-refractivity contribution < 1.29 is 14.7 Å². The largest absolute Gasteiger partial charge is 0.481 e. The number of carboxylic acids is 1. The summed E-state index contributed by atoms with van der Waals surface area (Å²) in [6.45, 7) is 1.15. The Hall–Kier alpha value is -1.10. The maximum atomic E-state index is 12.0. The molecule has 108 valence electrons. The van der Waals surface area contributed by atoms with Crippen molar-refractivity contribution in [3.63, 3.8) is 0 Å². The molecule has 1 saturated heterocycles. The fourth-order valence-corrected chi connectivity index (χ4v) is 3.15. The van der Waals surface area contributed by atoms with E-state index in [0.717, 1.165) is 45.1 Å². The number of piperidine rings is 1. The second-order valence-electron chi connectivity index (χ2n) is 5.87. The van der Waals surface area contributed by atoms with Crippen LogP contribution in [0.1, 0.15) is 51.4 Å². The summed E-state index contributed by atoms with van der Waals surface area (Å²) in [6, 6.07) is -0.136. The van der Waals surface area contributed by atoms with E-state index in [1.165, 1.54) is 0 Å². The molecule has 1 saturated carbocycles. The van der Waals surface area contributed by atoms with Gasteiger partial charge in [0, 0.05) is 6.54 Å². The van der Waals surface area contributed by atoms with Crippen LogP contribution in [-0.4, -0.2) is 36.1 Å². The molecule has 1 aliphatic heterocycles. The van der Waals surface area contributed by atoms with E-state index in [9.17, 15) is 14.7 Å². The lowest BCUT2D eigenvalue weighted by atomic mass is 9.74. The second kappa shape index (κ2) is 6.37. The van der Waals surface area contributed by atoms with Gasteiger partial charge in [0.2, 0.25) is 5.91 Å². The minimum atomic E-state index is -0.760. The zero-order valence-electron chi connectivity index (χ0n) is 11.4. The summed E-state index contributed by atoms with van der Waals surface area (Å²) in [5.74, 6) is -0.796. The smallest absolute Gasteiger partial charge is 0.311 e. The topological polar surface area (TPSA) is 78.4 Å². The first-order chi connectivity index (χ1) is 9.14. The van der Waals surface area contributed by atoms with Gasteiger partial charge < -0.3 is 15.7 Å². The molecule has 1 atom stereocenters. The molecular weight excluding hydrogens is 244 g/mol. The van der Waals surface area contributed by atoms with E-state index in [0.29, 0.717) is 12.8 Å². The van der Waals surface area contributed by atoms with Crippen molar-refractivity contribution in [1.82, 2.24) is 10.6 Å². The number of carbonyl (C=O) groups is 2. The van der Waals surface area contributed by atoms with E-state index >= 15 is 0 Å². The molecular formula is C14H24N2O3. The fraction of sp³-hybridized carbons (Fsp3) is 0.857. The van der Waals surface area contributed by atoms with Crippen molar-refractivity contribution in [2.75, 3.05) is 13.1 Å². The predicted molar refractivity (Wildman–Crippen MR) is 71.8 cm³/mol. The number of amides is 1. The van der Waals surface area contributed by atoms with Crippen LogP contribution in [0.3, 0.4) is 0 Å². The van der Waals surface area contributed by atoms with Gasteiger partial charge in [-0.3, -0.25) is 9.59 Å². The monoisotopic (exact) mass is 268 g/mol. The lowest BCUT2D eigenvalue weighted by Crippen LogP contribution is -2.51. The third kappa shape index (κ3) is 3.47. The van der Waals surface area contributed by atoms with E-state index in [4.69, 9.17) is 0 Å². The summed E-state index contributed by atoms with van der Waals surface area (Å²) in [7, 11) is 0. The number of rotatable bonds is 4. The molecule has 5 heteroatoms. The number of aliphatic carboxylic acids is 1. The van der Waals surface area contributed by atoms with Crippen LogP contribution >= 0.6 is 0 Å². The van der Waals surface area contributed by atoms with Gasteiger partial charge in [0.1, 0.15) is 0 Å². The molecule has 1 aliphatic carbocycles. The van der Waals surface area contributed by atoms with Crippen LogP contribution in [0.5, 0.6) is 0 Å². The van der Waals surface area contributed by atoms with E-state index in [1.54, 1.807) is 0 Å². The van der Waals surface area contributed by atoms with Crippen molar-refractivity contribution in [3.05, 3.63) is 0 Å². The van der Waals surface area contributed by atoms with Crippen LogP contribution < -0.4 is 10.6 Å². The summed E-state index contributed by atoms with van der Waals surface area (Å²) in [6.07, 6.45) is 7.40. The van der Waals surface area contributed by atoms with E-state index < -0.39 is 11.4 Å². The van der Waals surface area contributed by atoms with Crippen LogP contribution in [0.15, 0.2) is 0 Å². The molecule has 2 fully saturated rings. The molecule has 5 nitrogen and oxygen atoms in total. The fourth-order valence-electron chi connectivity index (χ4n) is 3.15. The standard InChI is InChI=1S/C14H24N2O3/c17-12(11-6-2-5-9-15-11)16-10-14(13(18)19)7-3-1-4-8-14/h11,15H,1-10H2,(H,16,17)(H,18,19)/t11-/m0/s1. The Kier molecular flexibility index (Phi) is 4.80. The number of nitrogens with one attached hydrogen (secondary N) is 2.